The molecule has 0 atom stereocenters. The first-order valence-electron chi connectivity index (χ1n) is 6.90. The number of benzene rings is 1. The number of aliphatic carboxylic acids is 1. The average molecular weight is 328 g/mol. The maximum Gasteiger partial charge on any atom is 0.310 e. The Labute approximate surface area is 133 Å². The predicted octanol–water partition coefficient (Wildman–Crippen LogP) is 3.19. The van der Waals surface area contributed by atoms with Gasteiger partial charge in [-0.1, -0.05) is 18.0 Å². The van der Waals surface area contributed by atoms with Crippen molar-refractivity contribution in [3.63, 3.8) is 0 Å². The van der Waals surface area contributed by atoms with Crippen LogP contribution < -0.4 is 5.32 Å². The summed E-state index contributed by atoms with van der Waals surface area (Å²) in [7, 11) is 0. The highest BCUT2D eigenvalue weighted by Gasteiger charge is 2.45. The molecule has 1 saturated carbocycles. The fourth-order valence-corrected chi connectivity index (χ4v) is 3.22. The summed E-state index contributed by atoms with van der Waals surface area (Å²) in [5.41, 5.74) is -0.812. The first-order valence-corrected chi connectivity index (χ1v) is 8.27. The summed E-state index contributed by atoms with van der Waals surface area (Å²) in [6.45, 7) is 0.530. The predicted molar refractivity (Wildman–Crippen MR) is 83.7 cm³/mol. The fraction of sp³-hybridized carbons (Fsp3) is 0.467. The molecule has 114 valence electrons. The van der Waals surface area contributed by atoms with Crippen LogP contribution in [0, 0.1) is 5.41 Å². The molecule has 6 heteroatoms. The number of halogens is 1. The first kappa shape index (κ1) is 16.2. The number of thioether (sulfide) groups is 1. The van der Waals surface area contributed by atoms with Crippen LogP contribution in [0.25, 0.3) is 0 Å². The normalized spacial score (nSPS) is 16.0. The Bertz CT molecular complexity index is 514. The molecule has 21 heavy (non-hydrogen) atoms. The number of carboxylic acids is 1. The van der Waals surface area contributed by atoms with Crippen LogP contribution in [0.4, 0.5) is 0 Å². The minimum atomic E-state index is -0.848. The van der Waals surface area contributed by atoms with Gasteiger partial charge in [0.05, 0.1) is 5.41 Å². The number of hydrogen-bond acceptors (Lipinski definition) is 3. The third kappa shape index (κ3) is 4.38. The highest BCUT2D eigenvalue weighted by molar-refractivity contribution is 7.99. The van der Waals surface area contributed by atoms with Crippen molar-refractivity contribution in [2.75, 3.05) is 12.3 Å². The van der Waals surface area contributed by atoms with Gasteiger partial charge in [0.1, 0.15) is 0 Å². The SMILES string of the molecule is O=C(CC1(C(=O)O)CCC1)NCCSc1ccc(Cl)cc1. The highest BCUT2D eigenvalue weighted by Crippen LogP contribution is 2.44. The number of hydrogen-bond donors (Lipinski definition) is 2. The molecule has 0 radical (unpaired) electrons. The lowest BCUT2D eigenvalue weighted by Crippen LogP contribution is -2.42. The van der Waals surface area contributed by atoms with Crippen LogP contribution in [0.5, 0.6) is 0 Å². The van der Waals surface area contributed by atoms with Crippen molar-refractivity contribution in [2.24, 2.45) is 5.41 Å². The van der Waals surface area contributed by atoms with Crippen LogP contribution in [0.15, 0.2) is 29.2 Å². The molecule has 2 rings (SSSR count). The van der Waals surface area contributed by atoms with Gasteiger partial charge in [-0.05, 0) is 37.1 Å². The van der Waals surface area contributed by atoms with Crippen LogP contribution in [0.2, 0.25) is 5.02 Å². The fourth-order valence-electron chi connectivity index (χ4n) is 2.33. The molecule has 4 nitrogen and oxygen atoms in total. The van der Waals surface area contributed by atoms with Gasteiger partial charge in [-0.2, -0.15) is 0 Å². The Morgan fingerprint density at radius 3 is 2.48 bits per heavy atom. The smallest absolute Gasteiger partial charge is 0.310 e. The number of rotatable bonds is 7. The summed E-state index contributed by atoms with van der Waals surface area (Å²) >= 11 is 7.43. The molecule has 1 aromatic rings. The van der Waals surface area contributed by atoms with E-state index in [1.165, 1.54) is 0 Å². The molecule has 1 fully saturated rings. The Morgan fingerprint density at radius 2 is 1.95 bits per heavy atom. The summed E-state index contributed by atoms with van der Waals surface area (Å²) in [5, 5.41) is 12.7. The number of nitrogens with one attached hydrogen (secondary N) is 1. The summed E-state index contributed by atoms with van der Waals surface area (Å²) in [6.07, 6.45) is 2.20. The largest absolute Gasteiger partial charge is 0.481 e. The summed E-state index contributed by atoms with van der Waals surface area (Å²) in [5.74, 6) is -0.277. The van der Waals surface area contributed by atoms with Gasteiger partial charge >= 0.3 is 5.97 Å². The van der Waals surface area contributed by atoms with Gasteiger partial charge in [0.25, 0.3) is 0 Å². The van der Waals surface area contributed by atoms with E-state index >= 15 is 0 Å². The quantitative estimate of drug-likeness (QED) is 0.596. The van der Waals surface area contributed by atoms with E-state index in [4.69, 9.17) is 11.6 Å². The molecule has 0 saturated heterocycles. The molecule has 1 aliphatic carbocycles. The number of amides is 1. The van der Waals surface area contributed by atoms with Crippen molar-refractivity contribution in [3.05, 3.63) is 29.3 Å². The number of carboxylic acid groups (broad SMARTS) is 1. The lowest BCUT2D eigenvalue weighted by molar-refractivity contribution is -0.157. The number of carbonyl (C=O) groups is 2. The van der Waals surface area contributed by atoms with Crippen molar-refractivity contribution < 1.29 is 14.7 Å². The van der Waals surface area contributed by atoms with E-state index in [0.717, 1.165) is 17.1 Å². The third-order valence-corrected chi connectivity index (χ3v) is 5.04. The standard InChI is InChI=1S/C15H18ClNO3S/c16-11-2-4-12(5-3-11)21-9-8-17-13(18)10-15(14(19)20)6-1-7-15/h2-5H,1,6-10H2,(H,17,18)(H,19,20). The van der Waals surface area contributed by atoms with Gasteiger partial charge in [-0.15, -0.1) is 11.8 Å². The van der Waals surface area contributed by atoms with E-state index in [2.05, 4.69) is 5.32 Å². The zero-order valence-corrected chi connectivity index (χ0v) is 13.2. The van der Waals surface area contributed by atoms with E-state index in [-0.39, 0.29) is 12.3 Å². The molecule has 0 heterocycles. The second-order valence-corrected chi connectivity index (χ2v) is 6.87. The monoisotopic (exact) mass is 327 g/mol. The molecule has 0 bridgehead atoms. The van der Waals surface area contributed by atoms with Crippen LogP contribution in [-0.2, 0) is 9.59 Å². The molecule has 1 amide bonds. The minimum Gasteiger partial charge on any atom is -0.481 e. The zero-order valence-electron chi connectivity index (χ0n) is 11.6. The maximum absolute atomic E-state index is 11.8. The molecule has 2 N–H and O–H groups in total. The molecule has 0 aliphatic heterocycles. The summed E-state index contributed by atoms with van der Waals surface area (Å²) < 4.78 is 0. The molecule has 1 aromatic carbocycles. The van der Waals surface area contributed by atoms with E-state index in [9.17, 15) is 14.7 Å². The second kappa shape index (κ2) is 7.18. The maximum atomic E-state index is 11.8. The Kier molecular flexibility index (Phi) is 5.53. The van der Waals surface area contributed by atoms with Crippen molar-refractivity contribution in [3.8, 4) is 0 Å². The van der Waals surface area contributed by atoms with Crippen LogP contribution in [0.1, 0.15) is 25.7 Å². The third-order valence-electron chi connectivity index (χ3n) is 3.77. The first-order chi connectivity index (χ1) is 10.0. The van der Waals surface area contributed by atoms with Crippen molar-refractivity contribution in [2.45, 2.75) is 30.6 Å². The van der Waals surface area contributed by atoms with Gasteiger partial charge < -0.3 is 10.4 Å². The van der Waals surface area contributed by atoms with E-state index in [1.54, 1.807) is 11.8 Å². The molecule has 1 aliphatic rings. The Hall–Kier alpha value is -1.20. The Balaban J connectivity index is 1.67. The summed E-state index contributed by atoms with van der Waals surface area (Å²) in [6, 6.07) is 7.52. The molecule has 0 aromatic heterocycles. The van der Waals surface area contributed by atoms with E-state index < -0.39 is 11.4 Å². The molecule has 0 unspecified atom stereocenters. The average Bonchev–Trinajstić information content (AvgIpc) is 2.40. The minimum absolute atomic E-state index is 0.0912. The van der Waals surface area contributed by atoms with Gasteiger partial charge in [-0.25, -0.2) is 0 Å². The van der Waals surface area contributed by atoms with Crippen LogP contribution in [0.3, 0.4) is 0 Å². The molecular formula is C15H18ClNO3S. The highest BCUT2D eigenvalue weighted by atomic mass is 35.5. The van der Waals surface area contributed by atoms with Gasteiger partial charge in [0, 0.05) is 28.6 Å². The Morgan fingerprint density at radius 1 is 1.29 bits per heavy atom. The van der Waals surface area contributed by atoms with Gasteiger partial charge in [0.2, 0.25) is 5.91 Å². The second-order valence-electron chi connectivity index (χ2n) is 5.27. The van der Waals surface area contributed by atoms with E-state index in [1.807, 2.05) is 24.3 Å². The van der Waals surface area contributed by atoms with Crippen LogP contribution in [-0.4, -0.2) is 29.3 Å². The van der Waals surface area contributed by atoms with Crippen molar-refractivity contribution in [1.82, 2.24) is 5.32 Å². The van der Waals surface area contributed by atoms with Gasteiger partial charge in [0.15, 0.2) is 0 Å². The topological polar surface area (TPSA) is 66.4 Å². The molecular weight excluding hydrogens is 310 g/mol. The van der Waals surface area contributed by atoms with Crippen molar-refractivity contribution >= 4 is 35.2 Å². The zero-order chi connectivity index (χ0) is 15.3. The lowest BCUT2D eigenvalue weighted by atomic mass is 9.66. The van der Waals surface area contributed by atoms with Crippen LogP contribution >= 0.6 is 23.4 Å². The summed E-state index contributed by atoms with van der Waals surface area (Å²) in [4.78, 5) is 24.1. The number of carbonyl (C=O) groups excluding carboxylic acids is 1. The molecule has 0 spiro atoms. The van der Waals surface area contributed by atoms with Crippen molar-refractivity contribution in [1.29, 1.82) is 0 Å². The van der Waals surface area contributed by atoms with Gasteiger partial charge in [-0.3, -0.25) is 9.59 Å². The van der Waals surface area contributed by atoms with E-state index in [0.29, 0.717) is 24.4 Å². The lowest BCUT2D eigenvalue weighted by Gasteiger charge is -2.36.